The van der Waals surface area contributed by atoms with Gasteiger partial charge in [-0.05, 0) is 55.0 Å². The zero-order chi connectivity index (χ0) is 22.9. The molecule has 1 amide bonds. The van der Waals surface area contributed by atoms with Crippen LogP contribution >= 0.6 is 0 Å². The molecule has 0 aromatic heterocycles. The van der Waals surface area contributed by atoms with Crippen molar-refractivity contribution in [2.75, 3.05) is 40.8 Å². The van der Waals surface area contributed by atoms with Crippen LogP contribution in [-0.2, 0) is 13.0 Å². The lowest BCUT2D eigenvalue weighted by atomic mass is 10.0. The lowest BCUT2D eigenvalue weighted by Crippen LogP contribution is -2.48. The number of nitrogens with zero attached hydrogens (tertiary/aromatic N) is 3. The van der Waals surface area contributed by atoms with Crippen molar-refractivity contribution in [2.24, 2.45) is 4.99 Å². The number of nitrogens with one attached hydrogen (secondary N) is 2. The molecule has 172 valence electrons. The van der Waals surface area contributed by atoms with Crippen molar-refractivity contribution in [3.05, 3.63) is 70.8 Å². The zero-order valence-electron chi connectivity index (χ0n) is 19.9. The fourth-order valence-corrected chi connectivity index (χ4v) is 4.10. The summed E-state index contributed by atoms with van der Waals surface area (Å²) in [6, 6.07) is 17.0. The summed E-state index contributed by atoms with van der Waals surface area (Å²) in [5.74, 6) is 0.883. The fourth-order valence-electron chi connectivity index (χ4n) is 4.10. The highest BCUT2D eigenvalue weighted by molar-refractivity contribution is 5.94. The van der Waals surface area contributed by atoms with Crippen LogP contribution in [0.2, 0.25) is 0 Å². The quantitative estimate of drug-likeness (QED) is 0.518. The van der Waals surface area contributed by atoms with Crippen LogP contribution in [0, 0.1) is 6.92 Å². The van der Waals surface area contributed by atoms with Crippen LogP contribution in [-0.4, -0.2) is 68.5 Å². The van der Waals surface area contributed by atoms with Crippen molar-refractivity contribution in [3.8, 4) is 0 Å². The van der Waals surface area contributed by atoms with Gasteiger partial charge in [-0.1, -0.05) is 36.4 Å². The minimum atomic E-state index is 0.0334. The third-order valence-electron chi connectivity index (χ3n) is 6.09. The summed E-state index contributed by atoms with van der Waals surface area (Å²) in [7, 11) is 5.37. The molecule has 1 aliphatic rings. The summed E-state index contributed by atoms with van der Waals surface area (Å²) in [6.07, 6.45) is 3.06. The van der Waals surface area contributed by atoms with E-state index in [1.807, 2.05) is 25.2 Å². The second-order valence-corrected chi connectivity index (χ2v) is 8.77. The molecule has 0 spiro atoms. The SMILES string of the molecule is CN=C(NCCc1cccc(C(=O)N(C)C)c1)NC1CCN(Cc2ccccc2C)CC1. The van der Waals surface area contributed by atoms with Crippen molar-refractivity contribution in [2.45, 2.75) is 38.8 Å². The number of carbonyl (C=O) groups is 1. The number of benzene rings is 2. The van der Waals surface area contributed by atoms with Crippen molar-refractivity contribution in [3.63, 3.8) is 0 Å². The maximum atomic E-state index is 12.2. The van der Waals surface area contributed by atoms with Crippen LogP contribution in [0.3, 0.4) is 0 Å². The normalized spacial score (nSPS) is 15.4. The van der Waals surface area contributed by atoms with E-state index in [0.717, 1.165) is 62.5 Å². The number of carbonyl (C=O) groups excluding carboxylic acids is 1. The standard InChI is InChI=1S/C26H37N5O/c1-20-8-5-6-10-23(20)19-31-16-13-24(14-17-31)29-26(27-2)28-15-12-21-9-7-11-22(18-21)25(32)30(3)4/h5-11,18,24H,12-17,19H2,1-4H3,(H2,27,28,29). The van der Waals surface area contributed by atoms with Crippen LogP contribution in [0.4, 0.5) is 0 Å². The van der Waals surface area contributed by atoms with Crippen LogP contribution in [0.15, 0.2) is 53.5 Å². The van der Waals surface area contributed by atoms with Crippen LogP contribution in [0.5, 0.6) is 0 Å². The van der Waals surface area contributed by atoms with E-state index in [1.54, 1.807) is 19.0 Å². The van der Waals surface area contributed by atoms with Crippen molar-refractivity contribution in [1.82, 2.24) is 20.4 Å². The highest BCUT2D eigenvalue weighted by atomic mass is 16.2. The molecular formula is C26H37N5O. The Morgan fingerprint density at radius 1 is 1.12 bits per heavy atom. The smallest absolute Gasteiger partial charge is 0.253 e. The molecule has 1 saturated heterocycles. The topological polar surface area (TPSA) is 60.0 Å². The number of amides is 1. The minimum Gasteiger partial charge on any atom is -0.356 e. The fraction of sp³-hybridized carbons (Fsp3) is 0.462. The molecule has 6 nitrogen and oxygen atoms in total. The molecule has 0 aliphatic carbocycles. The second kappa shape index (κ2) is 11.7. The molecule has 0 radical (unpaired) electrons. The van der Waals surface area contributed by atoms with Crippen molar-refractivity contribution < 1.29 is 4.79 Å². The van der Waals surface area contributed by atoms with E-state index in [-0.39, 0.29) is 5.91 Å². The summed E-state index contributed by atoms with van der Waals surface area (Å²) >= 11 is 0. The van der Waals surface area contributed by atoms with Gasteiger partial charge < -0.3 is 15.5 Å². The average molecular weight is 436 g/mol. The first kappa shape index (κ1) is 23.8. The maximum absolute atomic E-state index is 12.2. The molecule has 32 heavy (non-hydrogen) atoms. The molecule has 3 rings (SSSR count). The second-order valence-electron chi connectivity index (χ2n) is 8.77. The molecule has 0 bridgehead atoms. The van der Waals surface area contributed by atoms with Gasteiger partial charge in [0, 0.05) is 58.9 Å². The minimum absolute atomic E-state index is 0.0334. The molecular weight excluding hydrogens is 398 g/mol. The predicted molar refractivity (Wildman–Crippen MR) is 132 cm³/mol. The number of hydrogen-bond donors (Lipinski definition) is 2. The van der Waals surface area contributed by atoms with E-state index in [9.17, 15) is 4.79 Å². The summed E-state index contributed by atoms with van der Waals surface area (Å²) in [4.78, 5) is 20.7. The maximum Gasteiger partial charge on any atom is 0.253 e. The first-order valence-electron chi connectivity index (χ1n) is 11.5. The van der Waals surface area contributed by atoms with Gasteiger partial charge in [-0.2, -0.15) is 0 Å². The van der Waals surface area contributed by atoms with Gasteiger partial charge in [-0.15, -0.1) is 0 Å². The number of guanidine groups is 1. The van der Waals surface area contributed by atoms with Gasteiger partial charge in [-0.3, -0.25) is 14.7 Å². The Labute approximate surface area is 192 Å². The number of piperidine rings is 1. The summed E-state index contributed by atoms with van der Waals surface area (Å²) in [5.41, 5.74) is 4.67. The van der Waals surface area contributed by atoms with E-state index < -0.39 is 0 Å². The Kier molecular flexibility index (Phi) is 8.68. The van der Waals surface area contributed by atoms with Gasteiger partial charge in [0.1, 0.15) is 0 Å². The van der Waals surface area contributed by atoms with Gasteiger partial charge in [0.25, 0.3) is 5.91 Å². The lowest BCUT2D eigenvalue weighted by molar-refractivity contribution is 0.0827. The van der Waals surface area contributed by atoms with Crippen LogP contribution in [0.25, 0.3) is 0 Å². The number of aryl methyl sites for hydroxylation is 1. The molecule has 1 fully saturated rings. The summed E-state index contributed by atoms with van der Waals surface area (Å²) < 4.78 is 0. The Bertz CT molecular complexity index is 916. The molecule has 2 aromatic carbocycles. The Balaban J connectivity index is 1.41. The highest BCUT2D eigenvalue weighted by Gasteiger charge is 2.20. The molecule has 1 heterocycles. The van der Waals surface area contributed by atoms with E-state index in [2.05, 4.69) is 57.8 Å². The van der Waals surface area contributed by atoms with Gasteiger partial charge in [0.15, 0.2) is 5.96 Å². The number of likely N-dealkylation sites (tertiary alicyclic amines) is 1. The third-order valence-corrected chi connectivity index (χ3v) is 6.09. The van der Waals surface area contributed by atoms with Crippen molar-refractivity contribution in [1.29, 1.82) is 0 Å². The highest BCUT2D eigenvalue weighted by Crippen LogP contribution is 2.16. The van der Waals surface area contributed by atoms with E-state index >= 15 is 0 Å². The molecule has 6 heteroatoms. The third kappa shape index (κ3) is 6.82. The van der Waals surface area contributed by atoms with Gasteiger partial charge in [-0.25, -0.2) is 0 Å². The number of hydrogen-bond acceptors (Lipinski definition) is 3. The monoisotopic (exact) mass is 435 g/mol. The molecule has 0 unspecified atom stereocenters. The molecule has 2 N–H and O–H groups in total. The van der Waals surface area contributed by atoms with E-state index in [1.165, 1.54) is 11.1 Å². The van der Waals surface area contributed by atoms with E-state index in [4.69, 9.17) is 0 Å². The molecule has 0 saturated carbocycles. The summed E-state index contributed by atoms with van der Waals surface area (Å²) in [5, 5.41) is 7.01. The van der Waals surface area contributed by atoms with E-state index in [0.29, 0.717) is 6.04 Å². The first-order valence-corrected chi connectivity index (χ1v) is 11.5. The zero-order valence-corrected chi connectivity index (χ0v) is 19.9. The molecule has 0 atom stereocenters. The summed E-state index contributed by atoms with van der Waals surface area (Å²) in [6.45, 7) is 6.17. The van der Waals surface area contributed by atoms with Crippen molar-refractivity contribution >= 4 is 11.9 Å². The number of aliphatic imine (C=N–C) groups is 1. The Morgan fingerprint density at radius 2 is 1.88 bits per heavy atom. The van der Waals surface area contributed by atoms with Crippen LogP contribution < -0.4 is 10.6 Å². The average Bonchev–Trinajstić information content (AvgIpc) is 2.80. The number of rotatable bonds is 7. The van der Waals surface area contributed by atoms with Crippen LogP contribution in [0.1, 0.15) is 39.9 Å². The molecule has 1 aliphatic heterocycles. The van der Waals surface area contributed by atoms with Gasteiger partial charge >= 0.3 is 0 Å². The Morgan fingerprint density at radius 3 is 2.56 bits per heavy atom. The lowest BCUT2D eigenvalue weighted by Gasteiger charge is -2.33. The van der Waals surface area contributed by atoms with Gasteiger partial charge in [0.05, 0.1) is 0 Å². The Hall–Kier alpha value is -2.86. The largest absolute Gasteiger partial charge is 0.356 e. The molecule has 2 aromatic rings. The first-order chi connectivity index (χ1) is 15.5. The van der Waals surface area contributed by atoms with Gasteiger partial charge in [0.2, 0.25) is 0 Å². The predicted octanol–water partition coefficient (Wildman–Crippen LogP) is 3.07.